The van der Waals surface area contributed by atoms with Crippen molar-refractivity contribution in [1.82, 2.24) is 0 Å². The maximum Gasteiger partial charge on any atom is 0.310 e. The number of benzene rings is 1. The van der Waals surface area contributed by atoms with E-state index in [1.165, 1.54) is 7.11 Å². The first-order valence-corrected chi connectivity index (χ1v) is 6.73. The molecule has 5 nitrogen and oxygen atoms in total. The second-order valence-corrected chi connectivity index (χ2v) is 4.63. The van der Waals surface area contributed by atoms with Crippen LogP contribution in [0.4, 0.5) is 5.69 Å². The Balaban J connectivity index is 2.77. The van der Waals surface area contributed by atoms with E-state index in [0.29, 0.717) is 35.4 Å². The standard InChI is InChI=1S/C14H20ClNO4/c1-5-20-14(17)9(2)8-16-11-6-10(15)12(18-3)7-13(11)19-4/h6-7,9,16H,5,8H2,1-4H3. The summed E-state index contributed by atoms with van der Waals surface area (Å²) in [4.78, 5) is 11.5. The fourth-order valence-corrected chi connectivity index (χ4v) is 1.87. The van der Waals surface area contributed by atoms with Crippen molar-refractivity contribution >= 4 is 23.3 Å². The first-order valence-electron chi connectivity index (χ1n) is 6.35. The Kier molecular flexibility index (Phi) is 6.45. The highest BCUT2D eigenvalue weighted by Crippen LogP contribution is 2.35. The lowest BCUT2D eigenvalue weighted by molar-refractivity contribution is -0.146. The van der Waals surface area contributed by atoms with Crippen LogP contribution in [0.3, 0.4) is 0 Å². The fraction of sp³-hybridized carbons (Fsp3) is 0.500. The smallest absolute Gasteiger partial charge is 0.310 e. The van der Waals surface area contributed by atoms with Crippen LogP contribution in [0.2, 0.25) is 5.02 Å². The van der Waals surface area contributed by atoms with Crippen LogP contribution < -0.4 is 14.8 Å². The number of esters is 1. The highest BCUT2D eigenvalue weighted by atomic mass is 35.5. The van der Waals surface area contributed by atoms with Crippen LogP contribution in [-0.2, 0) is 9.53 Å². The van der Waals surface area contributed by atoms with Gasteiger partial charge in [-0.25, -0.2) is 0 Å². The molecule has 0 radical (unpaired) electrons. The molecule has 0 saturated carbocycles. The maximum absolute atomic E-state index is 11.5. The van der Waals surface area contributed by atoms with Crippen LogP contribution in [0.1, 0.15) is 13.8 Å². The monoisotopic (exact) mass is 301 g/mol. The summed E-state index contributed by atoms with van der Waals surface area (Å²) in [6.45, 7) is 4.38. The number of halogens is 1. The number of hydrogen-bond donors (Lipinski definition) is 1. The third-order valence-corrected chi connectivity index (χ3v) is 3.06. The minimum Gasteiger partial charge on any atom is -0.495 e. The normalized spacial score (nSPS) is 11.7. The summed E-state index contributed by atoms with van der Waals surface area (Å²) in [6.07, 6.45) is 0. The van der Waals surface area contributed by atoms with E-state index in [1.807, 2.05) is 0 Å². The average Bonchev–Trinajstić information content (AvgIpc) is 2.44. The van der Waals surface area contributed by atoms with Gasteiger partial charge >= 0.3 is 5.97 Å². The molecule has 1 unspecified atom stereocenters. The van der Waals surface area contributed by atoms with E-state index in [4.69, 9.17) is 25.8 Å². The Bertz CT molecular complexity index is 465. The van der Waals surface area contributed by atoms with Crippen LogP contribution >= 0.6 is 11.6 Å². The molecule has 0 aliphatic rings. The molecule has 0 amide bonds. The number of methoxy groups -OCH3 is 2. The van der Waals surface area contributed by atoms with Gasteiger partial charge in [0.25, 0.3) is 0 Å². The molecule has 0 spiro atoms. The van der Waals surface area contributed by atoms with E-state index in [-0.39, 0.29) is 11.9 Å². The van der Waals surface area contributed by atoms with Gasteiger partial charge in [-0.1, -0.05) is 18.5 Å². The molecule has 1 aromatic carbocycles. The molecule has 6 heteroatoms. The van der Waals surface area contributed by atoms with Gasteiger partial charge in [-0.2, -0.15) is 0 Å². The predicted molar refractivity (Wildman–Crippen MR) is 78.8 cm³/mol. The fourth-order valence-electron chi connectivity index (χ4n) is 1.63. The van der Waals surface area contributed by atoms with E-state index < -0.39 is 0 Å². The van der Waals surface area contributed by atoms with Crippen molar-refractivity contribution in [2.24, 2.45) is 5.92 Å². The highest BCUT2D eigenvalue weighted by molar-refractivity contribution is 6.32. The molecule has 0 heterocycles. The molecule has 0 aromatic heterocycles. The third-order valence-electron chi connectivity index (χ3n) is 2.76. The predicted octanol–water partition coefficient (Wildman–Crippen LogP) is 2.97. The molecule has 0 saturated heterocycles. The lowest BCUT2D eigenvalue weighted by Crippen LogP contribution is -2.22. The number of ether oxygens (including phenoxy) is 3. The van der Waals surface area contributed by atoms with Crippen molar-refractivity contribution in [1.29, 1.82) is 0 Å². The summed E-state index contributed by atoms with van der Waals surface area (Å²) in [5, 5.41) is 3.60. The Morgan fingerprint density at radius 3 is 2.50 bits per heavy atom. The van der Waals surface area contributed by atoms with Crippen molar-refractivity contribution < 1.29 is 19.0 Å². The molecule has 0 aliphatic heterocycles. The largest absolute Gasteiger partial charge is 0.495 e. The molecule has 0 bridgehead atoms. The van der Waals surface area contributed by atoms with Crippen LogP contribution in [-0.4, -0.2) is 33.3 Å². The van der Waals surface area contributed by atoms with Gasteiger partial charge in [0.05, 0.1) is 37.5 Å². The van der Waals surface area contributed by atoms with Gasteiger partial charge in [0, 0.05) is 12.6 Å². The molecule has 0 aliphatic carbocycles. The van der Waals surface area contributed by atoms with Crippen LogP contribution in [0, 0.1) is 5.92 Å². The summed E-state index contributed by atoms with van der Waals surface area (Å²) in [6, 6.07) is 3.40. The number of carbonyl (C=O) groups excluding carboxylic acids is 1. The van der Waals surface area contributed by atoms with Crippen molar-refractivity contribution in [3.63, 3.8) is 0 Å². The highest BCUT2D eigenvalue weighted by Gasteiger charge is 2.15. The second-order valence-electron chi connectivity index (χ2n) is 4.22. The van der Waals surface area contributed by atoms with E-state index >= 15 is 0 Å². The van der Waals surface area contributed by atoms with Crippen molar-refractivity contribution in [3.8, 4) is 11.5 Å². The first kappa shape index (κ1) is 16.4. The molecule has 0 fully saturated rings. The number of rotatable bonds is 7. The molecule has 1 rings (SSSR count). The van der Waals surface area contributed by atoms with Crippen LogP contribution in [0.25, 0.3) is 0 Å². The van der Waals surface area contributed by atoms with Gasteiger partial charge in [0.2, 0.25) is 0 Å². The number of anilines is 1. The maximum atomic E-state index is 11.5. The van der Waals surface area contributed by atoms with Gasteiger partial charge in [0.1, 0.15) is 11.5 Å². The Morgan fingerprint density at radius 1 is 1.30 bits per heavy atom. The lowest BCUT2D eigenvalue weighted by Gasteiger charge is -2.16. The van der Waals surface area contributed by atoms with E-state index in [1.54, 1.807) is 33.1 Å². The van der Waals surface area contributed by atoms with E-state index in [2.05, 4.69) is 5.32 Å². The van der Waals surface area contributed by atoms with Gasteiger partial charge in [-0.05, 0) is 13.0 Å². The zero-order valence-corrected chi connectivity index (χ0v) is 12.9. The summed E-state index contributed by atoms with van der Waals surface area (Å²) >= 11 is 6.07. The molecule has 112 valence electrons. The number of carbonyl (C=O) groups is 1. The number of hydrogen-bond acceptors (Lipinski definition) is 5. The minimum absolute atomic E-state index is 0.237. The SMILES string of the molecule is CCOC(=O)C(C)CNc1cc(Cl)c(OC)cc1OC. The van der Waals surface area contributed by atoms with Gasteiger partial charge in [-0.15, -0.1) is 0 Å². The lowest BCUT2D eigenvalue weighted by atomic mass is 10.1. The quantitative estimate of drug-likeness (QED) is 0.785. The molecule has 1 aromatic rings. The zero-order chi connectivity index (χ0) is 15.1. The average molecular weight is 302 g/mol. The molecular weight excluding hydrogens is 282 g/mol. The summed E-state index contributed by atoms with van der Waals surface area (Å²) in [7, 11) is 3.10. The number of nitrogens with one attached hydrogen (secondary N) is 1. The topological polar surface area (TPSA) is 56.8 Å². The van der Waals surface area contributed by atoms with E-state index in [9.17, 15) is 4.79 Å². The van der Waals surface area contributed by atoms with Crippen LogP contribution in [0.15, 0.2) is 12.1 Å². The summed E-state index contributed by atoms with van der Waals surface area (Å²) in [5.74, 6) is 0.633. The first-order chi connectivity index (χ1) is 9.53. The Morgan fingerprint density at radius 2 is 1.95 bits per heavy atom. The Labute approximate surface area is 124 Å². The second kappa shape index (κ2) is 7.85. The van der Waals surface area contributed by atoms with Crippen LogP contribution in [0.5, 0.6) is 11.5 Å². The van der Waals surface area contributed by atoms with Crippen molar-refractivity contribution in [2.75, 3.05) is 32.7 Å². The minimum atomic E-state index is -0.263. The molecular formula is C14H20ClNO4. The van der Waals surface area contributed by atoms with Gasteiger partial charge in [-0.3, -0.25) is 4.79 Å². The van der Waals surface area contributed by atoms with E-state index in [0.717, 1.165) is 0 Å². The molecule has 1 N–H and O–H groups in total. The van der Waals surface area contributed by atoms with Crippen molar-refractivity contribution in [2.45, 2.75) is 13.8 Å². The molecule has 20 heavy (non-hydrogen) atoms. The van der Waals surface area contributed by atoms with Gasteiger partial charge in [0.15, 0.2) is 0 Å². The van der Waals surface area contributed by atoms with Crippen molar-refractivity contribution in [3.05, 3.63) is 17.2 Å². The van der Waals surface area contributed by atoms with Gasteiger partial charge < -0.3 is 19.5 Å². The zero-order valence-electron chi connectivity index (χ0n) is 12.2. The summed E-state index contributed by atoms with van der Waals surface area (Å²) < 4.78 is 15.3. The third kappa shape index (κ3) is 4.20. The Hall–Kier alpha value is -1.62. The summed E-state index contributed by atoms with van der Waals surface area (Å²) in [5.41, 5.74) is 0.703. The molecule has 1 atom stereocenters.